The van der Waals surface area contributed by atoms with Gasteiger partial charge in [0.1, 0.15) is 0 Å². The summed E-state index contributed by atoms with van der Waals surface area (Å²) in [6, 6.07) is 0.0291. The Morgan fingerprint density at radius 2 is 2.06 bits per heavy atom. The van der Waals surface area contributed by atoms with E-state index in [0.717, 1.165) is 25.7 Å². The van der Waals surface area contributed by atoms with Gasteiger partial charge in [-0.1, -0.05) is 20.3 Å². The van der Waals surface area contributed by atoms with Crippen LogP contribution in [0.15, 0.2) is 0 Å². The average molecular weight is 226 g/mol. The van der Waals surface area contributed by atoms with Crippen molar-refractivity contribution in [3.63, 3.8) is 0 Å². The van der Waals surface area contributed by atoms with E-state index >= 15 is 0 Å². The summed E-state index contributed by atoms with van der Waals surface area (Å²) in [6.45, 7) is 8.35. The summed E-state index contributed by atoms with van der Waals surface area (Å²) < 4.78 is 0. The van der Waals surface area contributed by atoms with Crippen LogP contribution >= 0.6 is 0 Å². The number of hydrogen-bond donors (Lipinski definition) is 2. The first kappa shape index (κ1) is 13.5. The van der Waals surface area contributed by atoms with Gasteiger partial charge < -0.3 is 11.1 Å². The Hall–Kier alpha value is -0.570. The number of nitrogens with one attached hydrogen (secondary N) is 1. The lowest BCUT2D eigenvalue weighted by atomic mass is 9.77. The lowest BCUT2D eigenvalue weighted by Crippen LogP contribution is -2.52. The van der Waals surface area contributed by atoms with Crippen molar-refractivity contribution in [1.29, 1.82) is 0 Å². The lowest BCUT2D eigenvalue weighted by Gasteiger charge is -2.35. The molecule has 1 saturated carbocycles. The molecule has 1 rings (SSSR count). The third kappa shape index (κ3) is 3.21. The highest BCUT2D eigenvalue weighted by Crippen LogP contribution is 2.28. The quantitative estimate of drug-likeness (QED) is 0.774. The van der Waals surface area contributed by atoms with E-state index in [4.69, 9.17) is 5.73 Å². The van der Waals surface area contributed by atoms with Crippen molar-refractivity contribution in [2.24, 2.45) is 17.6 Å². The van der Waals surface area contributed by atoms with Crippen LogP contribution in [-0.4, -0.2) is 17.5 Å². The van der Waals surface area contributed by atoms with Crippen molar-refractivity contribution in [3.05, 3.63) is 0 Å². The fraction of sp³-hybridized carbons (Fsp3) is 0.923. The van der Waals surface area contributed by atoms with Crippen LogP contribution < -0.4 is 11.1 Å². The highest BCUT2D eigenvalue weighted by molar-refractivity contribution is 5.80. The average Bonchev–Trinajstić information content (AvgIpc) is 2.21. The Balaban J connectivity index is 2.59. The number of amides is 1. The van der Waals surface area contributed by atoms with Gasteiger partial charge in [-0.3, -0.25) is 4.79 Å². The molecule has 3 unspecified atom stereocenters. The number of hydrogen-bond acceptors (Lipinski definition) is 2. The lowest BCUT2D eigenvalue weighted by molar-refractivity contribution is -0.128. The zero-order valence-electron chi connectivity index (χ0n) is 11.0. The fourth-order valence-corrected chi connectivity index (χ4v) is 2.26. The molecule has 3 nitrogen and oxygen atoms in total. The molecule has 3 heteroatoms. The van der Waals surface area contributed by atoms with Gasteiger partial charge in [-0.25, -0.2) is 0 Å². The van der Waals surface area contributed by atoms with Crippen LogP contribution in [0.2, 0.25) is 0 Å². The van der Waals surface area contributed by atoms with Gasteiger partial charge >= 0.3 is 0 Å². The minimum Gasteiger partial charge on any atom is -0.351 e. The van der Waals surface area contributed by atoms with Gasteiger partial charge in [0, 0.05) is 11.6 Å². The van der Waals surface area contributed by atoms with Crippen molar-refractivity contribution in [3.8, 4) is 0 Å². The number of rotatable bonds is 3. The van der Waals surface area contributed by atoms with Crippen molar-refractivity contribution >= 4 is 5.91 Å². The molecule has 16 heavy (non-hydrogen) atoms. The van der Waals surface area contributed by atoms with Crippen molar-refractivity contribution in [2.75, 3.05) is 0 Å². The molecule has 3 N–H and O–H groups in total. The summed E-state index contributed by atoms with van der Waals surface area (Å²) in [4.78, 5) is 12.1. The summed E-state index contributed by atoms with van der Waals surface area (Å²) in [5, 5.41) is 3.11. The number of carbonyl (C=O) groups is 1. The van der Waals surface area contributed by atoms with Crippen molar-refractivity contribution in [2.45, 2.75) is 65.0 Å². The summed E-state index contributed by atoms with van der Waals surface area (Å²) in [6.07, 6.45) is 4.16. The van der Waals surface area contributed by atoms with Crippen LogP contribution in [-0.2, 0) is 4.79 Å². The van der Waals surface area contributed by atoms with Gasteiger partial charge in [-0.2, -0.15) is 0 Å². The number of nitrogens with two attached hydrogens (primary N) is 1. The molecule has 0 heterocycles. The van der Waals surface area contributed by atoms with E-state index in [0.29, 0.717) is 5.92 Å². The second-order valence-electron chi connectivity index (χ2n) is 5.82. The van der Waals surface area contributed by atoms with Crippen LogP contribution in [0.4, 0.5) is 0 Å². The monoisotopic (exact) mass is 226 g/mol. The van der Waals surface area contributed by atoms with Gasteiger partial charge in [-0.15, -0.1) is 0 Å². The molecule has 1 amide bonds. The Labute approximate surface area is 99.2 Å². The molecule has 94 valence electrons. The smallest absolute Gasteiger partial charge is 0.225 e. The molecular weight excluding hydrogens is 200 g/mol. The molecule has 0 bridgehead atoms. The van der Waals surface area contributed by atoms with E-state index in [-0.39, 0.29) is 23.4 Å². The molecule has 0 saturated heterocycles. The molecule has 0 radical (unpaired) electrons. The molecule has 0 aromatic heterocycles. The molecule has 0 spiro atoms. The zero-order chi connectivity index (χ0) is 12.3. The van der Waals surface area contributed by atoms with E-state index in [9.17, 15) is 4.79 Å². The molecule has 1 aliphatic rings. The van der Waals surface area contributed by atoms with Gasteiger partial charge in [0.25, 0.3) is 0 Å². The van der Waals surface area contributed by atoms with Crippen LogP contribution in [0.1, 0.15) is 53.4 Å². The van der Waals surface area contributed by atoms with Crippen molar-refractivity contribution < 1.29 is 4.79 Å². The van der Waals surface area contributed by atoms with Crippen LogP contribution in [0, 0.1) is 11.8 Å². The van der Waals surface area contributed by atoms with Crippen LogP contribution in [0.5, 0.6) is 0 Å². The van der Waals surface area contributed by atoms with Crippen molar-refractivity contribution in [1.82, 2.24) is 5.32 Å². The Bertz CT molecular complexity index is 250. The van der Waals surface area contributed by atoms with Crippen LogP contribution in [0.25, 0.3) is 0 Å². The van der Waals surface area contributed by atoms with E-state index in [2.05, 4.69) is 33.0 Å². The standard InChI is InChI=1S/C13H26N2O/c1-5-13(3,4)15-12(16)10-8-6-7-9(2)11(10)14/h9-11H,5-8,14H2,1-4H3,(H,15,16). The normalized spacial score (nSPS) is 31.2. The topological polar surface area (TPSA) is 55.1 Å². The Kier molecular flexibility index (Phi) is 4.36. The van der Waals surface area contributed by atoms with Gasteiger partial charge in [0.2, 0.25) is 5.91 Å². The largest absolute Gasteiger partial charge is 0.351 e. The van der Waals surface area contributed by atoms with E-state index in [1.807, 2.05) is 0 Å². The molecule has 3 atom stereocenters. The summed E-state index contributed by atoms with van der Waals surface area (Å²) in [7, 11) is 0. The first-order valence-corrected chi connectivity index (χ1v) is 6.45. The third-order valence-corrected chi connectivity index (χ3v) is 3.98. The second kappa shape index (κ2) is 5.17. The van der Waals surface area contributed by atoms with E-state index in [1.54, 1.807) is 0 Å². The highest BCUT2D eigenvalue weighted by Gasteiger charge is 2.34. The maximum absolute atomic E-state index is 12.1. The van der Waals surface area contributed by atoms with Gasteiger partial charge in [0.05, 0.1) is 5.92 Å². The van der Waals surface area contributed by atoms with Gasteiger partial charge in [-0.05, 0) is 39.0 Å². The maximum Gasteiger partial charge on any atom is 0.225 e. The molecule has 0 aromatic rings. The number of carbonyl (C=O) groups excluding carboxylic acids is 1. The second-order valence-corrected chi connectivity index (χ2v) is 5.82. The SMILES string of the molecule is CCC(C)(C)NC(=O)C1CCCC(C)C1N. The fourth-order valence-electron chi connectivity index (χ4n) is 2.26. The Morgan fingerprint density at radius 3 is 2.62 bits per heavy atom. The van der Waals surface area contributed by atoms with Crippen LogP contribution in [0.3, 0.4) is 0 Å². The molecular formula is C13H26N2O. The van der Waals surface area contributed by atoms with Gasteiger partial charge in [0.15, 0.2) is 0 Å². The predicted octanol–water partition coefficient (Wildman–Crippen LogP) is 2.05. The molecule has 1 aliphatic carbocycles. The third-order valence-electron chi connectivity index (χ3n) is 3.98. The minimum absolute atomic E-state index is 0.00887. The molecule has 0 aliphatic heterocycles. The Morgan fingerprint density at radius 1 is 1.44 bits per heavy atom. The molecule has 0 aromatic carbocycles. The summed E-state index contributed by atoms with van der Waals surface area (Å²) in [5.41, 5.74) is 6.01. The van der Waals surface area contributed by atoms with E-state index < -0.39 is 0 Å². The first-order chi connectivity index (χ1) is 7.37. The molecule has 1 fully saturated rings. The summed E-state index contributed by atoms with van der Waals surface area (Å²) in [5.74, 6) is 0.620. The summed E-state index contributed by atoms with van der Waals surface area (Å²) >= 11 is 0. The first-order valence-electron chi connectivity index (χ1n) is 6.45. The predicted molar refractivity (Wildman–Crippen MR) is 67.0 cm³/mol. The zero-order valence-corrected chi connectivity index (χ0v) is 11.0. The van der Waals surface area contributed by atoms with E-state index in [1.165, 1.54) is 0 Å². The highest BCUT2D eigenvalue weighted by atomic mass is 16.2. The maximum atomic E-state index is 12.1. The minimum atomic E-state index is -0.114.